The molecule has 0 spiro atoms. The van der Waals surface area contributed by atoms with Gasteiger partial charge in [0.1, 0.15) is 11.5 Å². The van der Waals surface area contributed by atoms with Crippen LogP contribution >= 0.6 is 0 Å². The number of carbonyl (C=O) groups excluding carboxylic acids is 2. The van der Waals surface area contributed by atoms with Gasteiger partial charge in [0, 0.05) is 45.3 Å². The van der Waals surface area contributed by atoms with Crippen molar-refractivity contribution in [1.29, 1.82) is 0 Å². The Morgan fingerprint density at radius 1 is 1.13 bits per heavy atom. The zero-order valence-electron chi connectivity index (χ0n) is 15.6. The fourth-order valence-electron chi connectivity index (χ4n) is 3.05. The summed E-state index contributed by atoms with van der Waals surface area (Å²) in [5.41, 5.74) is 1.88. The second kappa shape index (κ2) is 8.57. The van der Waals surface area contributed by atoms with E-state index in [-0.39, 0.29) is 5.91 Å². The van der Waals surface area contributed by atoms with Gasteiger partial charge in [0.15, 0.2) is 0 Å². The molecule has 3 amide bonds. The molecule has 10 nitrogen and oxygen atoms in total. The number of aromatic nitrogens is 2. The van der Waals surface area contributed by atoms with Crippen LogP contribution in [0, 0.1) is 0 Å². The van der Waals surface area contributed by atoms with Crippen LogP contribution in [0.1, 0.15) is 6.42 Å². The van der Waals surface area contributed by atoms with Gasteiger partial charge in [-0.2, -0.15) is 13.2 Å². The minimum atomic E-state index is -5.08. The van der Waals surface area contributed by atoms with Crippen molar-refractivity contribution in [1.82, 2.24) is 20.0 Å². The number of urea groups is 1. The van der Waals surface area contributed by atoms with Crippen LogP contribution in [0.4, 0.5) is 29.5 Å². The van der Waals surface area contributed by atoms with Gasteiger partial charge in [0.25, 0.3) is 0 Å². The largest absolute Gasteiger partial charge is 0.490 e. The first-order valence-corrected chi connectivity index (χ1v) is 9.01. The summed E-state index contributed by atoms with van der Waals surface area (Å²) in [6.07, 6.45) is -1.10. The van der Waals surface area contributed by atoms with Gasteiger partial charge < -0.3 is 15.3 Å². The number of imidazole rings is 1. The lowest BCUT2D eigenvalue weighted by molar-refractivity contribution is -0.192. The molecular formula is C17H19F3N6O4. The number of nitrogens with zero attached hydrogens (tertiary/aromatic N) is 4. The molecule has 0 bridgehead atoms. The van der Waals surface area contributed by atoms with E-state index in [2.05, 4.69) is 26.6 Å². The topological polar surface area (TPSA) is 119 Å². The van der Waals surface area contributed by atoms with E-state index in [0.29, 0.717) is 18.8 Å². The number of amides is 3. The molecule has 13 heteroatoms. The van der Waals surface area contributed by atoms with E-state index in [0.717, 1.165) is 37.5 Å². The van der Waals surface area contributed by atoms with E-state index in [4.69, 9.17) is 9.90 Å². The fourth-order valence-corrected chi connectivity index (χ4v) is 3.05. The molecule has 30 heavy (non-hydrogen) atoms. The molecule has 2 fully saturated rings. The van der Waals surface area contributed by atoms with E-state index in [1.165, 1.54) is 0 Å². The number of rotatable bonds is 2. The number of carboxylic acids is 1. The van der Waals surface area contributed by atoms with Gasteiger partial charge in [-0.1, -0.05) is 0 Å². The summed E-state index contributed by atoms with van der Waals surface area (Å²) in [5, 5.41) is 12.8. The number of hydrogen-bond acceptors (Lipinski definition) is 6. The van der Waals surface area contributed by atoms with Crippen LogP contribution in [0.2, 0.25) is 0 Å². The van der Waals surface area contributed by atoms with Crippen molar-refractivity contribution >= 4 is 35.1 Å². The zero-order valence-corrected chi connectivity index (χ0v) is 15.6. The summed E-state index contributed by atoms with van der Waals surface area (Å²) < 4.78 is 33.6. The van der Waals surface area contributed by atoms with Crippen molar-refractivity contribution in [2.75, 3.05) is 42.5 Å². The van der Waals surface area contributed by atoms with E-state index in [1.54, 1.807) is 11.1 Å². The Labute approximate surface area is 168 Å². The molecule has 0 aliphatic carbocycles. The van der Waals surface area contributed by atoms with Crippen molar-refractivity contribution in [2.24, 2.45) is 0 Å². The average molecular weight is 428 g/mol. The highest BCUT2D eigenvalue weighted by Crippen LogP contribution is 2.23. The predicted molar refractivity (Wildman–Crippen MR) is 99.5 cm³/mol. The quantitative estimate of drug-likeness (QED) is 0.648. The van der Waals surface area contributed by atoms with Gasteiger partial charge in [-0.3, -0.25) is 19.4 Å². The number of fused-ring (bicyclic) bond motifs is 1. The summed E-state index contributed by atoms with van der Waals surface area (Å²) in [5.74, 6) is -2.31. The maximum absolute atomic E-state index is 12.1. The van der Waals surface area contributed by atoms with Crippen LogP contribution < -0.4 is 20.4 Å². The minimum absolute atomic E-state index is 0.235. The van der Waals surface area contributed by atoms with Crippen molar-refractivity contribution in [3.8, 4) is 0 Å². The molecule has 2 aliphatic heterocycles. The maximum atomic E-state index is 12.1. The molecule has 162 valence electrons. The molecule has 0 saturated carbocycles. The predicted octanol–water partition coefficient (Wildman–Crippen LogP) is 0.823. The first-order valence-electron chi connectivity index (χ1n) is 9.01. The van der Waals surface area contributed by atoms with Gasteiger partial charge in [-0.15, -0.1) is 0 Å². The first-order chi connectivity index (χ1) is 14.2. The highest BCUT2D eigenvalue weighted by molar-refractivity contribution is 6.05. The lowest BCUT2D eigenvalue weighted by atomic mass is 10.3. The molecule has 0 atom stereocenters. The number of carboxylic acid groups (broad SMARTS) is 1. The Hall–Kier alpha value is -3.35. The molecule has 0 unspecified atom stereocenters. The normalized spacial score (nSPS) is 17.4. The van der Waals surface area contributed by atoms with Gasteiger partial charge in [-0.05, 0) is 12.1 Å². The molecular weight excluding hydrogens is 409 g/mol. The van der Waals surface area contributed by atoms with Gasteiger partial charge >= 0.3 is 18.2 Å². The minimum Gasteiger partial charge on any atom is -0.475 e. The number of hydrogen-bond donors (Lipinski definition) is 3. The number of anilines is 2. The smallest absolute Gasteiger partial charge is 0.475 e. The second-order valence-corrected chi connectivity index (χ2v) is 6.53. The number of carbonyl (C=O) groups is 3. The highest BCUT2D eigenvalue weighted by atomic mass is 19.4. The van der Waals surface area contributed by atoms with Crippen molar-refractivity contribution in [2.45, 2.75) is 12.6 Å². The van der Waals surface area contributed by atoms with E-state index in [1.807, 2.05) is 16.7 Å². The number of alkyl halides is 3. The van der Waals surface area contributed by atoms with Crippen LogP contribution in [-0.2, 0) is 9.59 Å². The average Bonchev–Trinajstić information content (AvgIpc) is 3.11. The first kappa shape index (κ1) is 21.4. The van der Waals surface area contributed by atoms with E-state index < -0.39 is 18.2 Å². The Balaban J connectivity index is 0.000000318. The maximum Gasteiger partial charge on any atom is 0.490 e. The number of aliphatic carboxylic acids is 1. The monoisotopic (exact) mass is 428 g/mol. The third kappa shape index (κ3) is 4.79. The van der Waals surface area contributed by atoms with Crippen molar-refractivity contribution in [3.63, 3.8) is 0 Å². The number of piperazine rings is 1. The molecule has 0 aromatic carbocycles. The lowest BCUT2D eigenvalue weighted by Crippen LogP contribution is -2.50. The van der Waals surface area contributed by atoms with Gasteiger partial charge in [0.2, 0.25) is 5.91 Å². The number of nitrogens with one attached hydrogen (secondary N) is 2. The summed E-state index contributed by atoms with van der Waals surface area (Å²) in [6, 6.07) is 3.61. The fraction of sp³-hybridized carbons (Fsp3) is 0.412. The Bertz CT molecular complexity index is 955. The molecule has 2 saturated heterocycles. The Morgan fingerprint density at radius 2 is 1.80 bits per heavy atom. The molecule has 2 aliphatic rings. The third-order valence-electron chi connectivity index (χ3n) is 4.53. The molecule has 4 heterocycles. The zero-order chi connectivity index (χ0) is 21.9. The SMILES string of the molecule is O=C(O)C(F)(F)F.O=C1CCN(c2cnc3ccc(N4CCNCC4)cn23)C(=O)N1. The summed E-state index contributed by atoms with van der Waals surface area (Å²) in [4.78, 5) is 40.5. The number of halogens is 3. The Morgan fingerprint density at radius 3 is 2.40 bits per heavy atom. The molecule has 0 radical (unpaired) electrons. The third-order valence-corrected chi connectivity index (χ3v) is 4.53. The highest BCUT2D eigenvalue weighted by Gasteiger charge is 2.38. The number of imide groups is 1. The molecule has 4 rings (SSSR count). The molecule has 2 aromatic heterocycles. The van der Waals surface area contributed by atoms with E-state index >= 15 is 0 Å². The standard InChI is InChI=1S/C15H18N6O2.C2HF3O2/c22-13-3-6-20(15(23)18-13)14-9-17-12-2-1-11(10-21(12)14)19-7-4-16-5-8-19;3-2(4,5)1(6)7/h1-2,9-10,16H,3-8H2,(H,18,22,23);(H,6,7). The Kier molecular flexibility index (Phi) is 6.10. The summed E-state index contributed by atoms with van der Waals surface area (Å²) in [6.45, 7) is 4.20. The van der Waals surface area contributed by atoms with Gasteiger partial charge in [-0.25, -0.2) is 14.6 Å². The molecule has 3 N–H and O–H groups in total. The number of pyridine rings is 1. The second-order valence-electron chi connectivity index (χ2n) is 6.53. The van der Waals surface area contributed by atoms with Crippen molar-refractivity contribution in [3.05, 3.63) is 24.5 Å². The molecule has 2 aromatic rings. The van der Waals surface area contributed by atoms with Crippen LogP contribution in [0.3, 0.4) is 0 Å². The van der Waals surface area contributed by atoms with Gasteiger partial charge in [0.05, 0.1) is 11.9 Å². The summed E-state index contributed by atoms with van der Waals surface area (Å²) in [7, 11) is 0. The van der Waals surface area contributed by atoms with Crippen LogP contribution in [0.15, 0.2) is 24.5 Å². The lowest BCUT2D eigenvalue weighted by Gasteiger charge is -2.30. The van der Waals surface area contributed by atoms with Crippen LogP contribution in [0.5, 0.6) is 0 Å². The van der Waals surface area contributed by atoms with Crippen LogP contribution in [-0.4, -0.2) is 71.3 Å². The van der Waals surface area contributed by atoms with E-state index in [9.17, 15) is 22.8 Å². The summed E-state index contributed by atoms with van der Waals surface area (Å²) >= 11 is 0. The van der Waals surface area contributed by atoms with Crippen molar-refractivity contribution < 1.29 is 32.7 Å². The van der Waals surface area contributed by atoms with Crippen LogP contribution in [0.25, 0.3) is 5.65 Å².